The molecule has 0 amide bonds. The van der Waals surface area contributed by atoms with Gasteiger partial charge in [0.15, 0.2) is 0 Å². The number of nitrogens with zero attached hydrogens (tertiary/aromatic N) is 1. The smallest absolute Gasteiger partial charge is 0.242 e. The summed E-state index contributed by atoms with van der Waals surface area (Å²) in [5, 5.41) is 0. The molecule has 1 atom stereocenters. The second kappa shape index (κ2) is 3.60. The molecule has 1 heterocycles. The van der Waals surface area contributed by atoms with Gasteiger partial charge < -0.3 is 0 Å². The van der Waals surface area contributed by atoms with Gasteiger partial charge in [-0.25, -0.2) is 9.29 Å². The van der Waals surface area contributed by atoms with Gasteiger partial charge in [-0.3, -0.25) is 0 Å². The second-order valence-corrected chi connectivity index (χ2v) is 3.19. The Morgan fingerprint density at radius 3 is 1.71 bits per heavy atom. The van der Waals surface area contributed by atoms with E-state index in [0.29, 0.717) is 12.8 Å². The minimum atomic E-state index is -5.51. The van der Waals surface area contributed by atoms with Gasteiger partial charge in [-0.1, -0.05) is 0 Å². The van der Waals surface area contributed by atoms with Crippen molar-refractivity contribution in [2.45, 2.75) is 31.2 Å². The number of hydrogen-bond donors (Lipinski definition) is 0. The second-order valence-electron chi connectivity index (χ2n) is 3.19. The molecule has 1 aliphatic heterocycles. The lowest BCUT2D eigenvalue weighted by Crippen LogP contribution is -2.52. The SMILES string of the molecule is FC(C(F)(F)F)C(F)(F)N1CCCC1. The van der Waals surface area contributed by atoms with Crippen molar-refractivity contribution in [3.8, 4) is 0 Å². The van der Waals surface area contributed by atoms with E-state index in [1.165, 1.54) is 0 Å². The molecule has 1 saturated heterocycles. The zero-order valence-electron chi connectivity index (χ0n) is 7.12. The van der Waals surface area contributed by atoms with Crippen LogP contribution in [0.15, 0.2) is 0 Å². The summed E-state index contributed by atoms with van der Waals surface area (Å²) in [5.41, 5.74) is 0. The highest BCUT2D eigenvalue weighted by atomic mass is 19.4. The Morgan fingerprint density at radius 2 is 1.36 bits per heavy atom. The largest absolute Gasteiger partial charge is 0.427 e. The summed E-state index contributed by atoms with van der Waals surface area (Å²) in [6.07, 6.45) is -8.86. The fourth-order valence-electron chi connectivity index (χ4n) is 1.37. The van der Waals surface area contributed by atoms with Gasteiger partial charge in [0.2, 0.25) is 0 Å². The van der Waals surface area contributed by atoms with Crippen LogP contribution in [0.4, 0.5) is 26.3 Å². The summed E-state index contributed by atoms with van der Waals surface area (Å²) in [4.78, 5) is 0.241. The average Bonchev–Trinajstić information content (AvgIpc) is 2.53. The summed E-state index contributed by atoms with van der Waals surface area (Å²) < 4.78 is 73.3. The minimum Gasteiger partial charge on any atom is -0.242 e. The van der Waals surface area contributed by atoms with Crippen LogP contribution in [0, 0.1) is 0 Å². The standard InChI is InChI=1S/C7H9F6N/c8-5(6(9,10)11)7(12,13)14-3-1-2-4-14/h5H,1-4H2. The predicted octanol–water partition coefficient (Wildman–Crippen LogP) is 2.58. The first-order valence-corrected chi connectivity index (χ1v) is 4.10. The third-order valence-corrected chi connectivity index (χ3v) is 2.12. The topological polar surface area (TPSA) is 3.24 Å². The molecule has 84 valence electrons. The Labute approximate surface area is 76.7 Å². The van der Waals surface area contributed by atoms with Crippen LogP contribution in [0.25, 0.3) is 0 Å². The number of alkyl halides is 6. The molecule has 0 spiro atoms. The van der Waals surface area contributed by atoms with Crippen molar-refractivity contribution in [3.05, 3.63) is 0 Å². The van der Waals surface area contributed by atoms with Crippen LogP contribution in [-0.4, -0.2) is 36.4 Å². The fraction of sp³-hybridized carbons (Fsp3) is 1.00. The van der Waals surface area contributed by atoms with Crippen molar-refractivity contribution in [1.29, 1.82) is 0 Å². The molecule has 14 heavy (non-hydrogen) atoms. The Bertz CT molecular complexity index is 195. The highest BCUT2D eigenvalue weighted by Gasteiger charge is 2.60. The van der Waals surface area contributed by atoms with Gasteiger partial charge in [-0.2, -0.15) is 22.0 Å². The van der Waals surface area contributed by atoms with Crippen LogP contribution in [0.1, 0.15) is 12.8 Å². The highest BCUT2D eigenvalue weighted by molar-refractivity contribution is 4.85. The van der Waals surface area contributed by atoms with E-state index in [1.807, 2.05) is 0 Å². The van der Waals surface area contributed by atoms with E-state index in [-0.39, 0.29) is 18.0 Å². The summed E-state index contributed by atoms with van der Waals surface area (Å²) in [5.74, 6) is 0. The van der Waals surface area contributed by atoms with E-state index in [9.17, 15) is 26.3 Å². The molecule has 1 fully saturated rings. The number of halogens is 6. The van der Waals surface area contributed by atoms with Gasteiger partial charge in [0, 0.05) is 13.1 Å². The Hall–Kier alpha value is -0.460. The van der Waals surface area contributed by atoms with Crippen LogP contribution in [-0.2, 0) is 0 Å². The molecule has 0 bridgehead atoms. The molecule has 0 aromatic carbocycles. The molecule has 0 N–H and O–H groups in total. The lowest BCUT2D eigenvalue weighted by Gasteiger charge is -2.30. The van der Waals surface area contributed by atoms with Crippen LogP contribution >= 0.6 is 0 Å². The maximum atomic E-state index is 12.8. The van der Waals surface area contributed by atoms with Crippen molar-refractivity contribution >= 4 is 0 Å². The average molecular weight is 221 g/mol. The van der Waals surface area contributed by atoms with Crippen molar-refractivity contribution in [2.75, 3.05) is 13.1 Å². The number of likely N-dealkylation sites (tertiary alicyclic amines) is 1. The lowest BCUT2D eigenvalue weighted by molar-refractivity contribution is -0.285. The van der Waals surface area contributed by atoms with Gasteiger partial charge in [-0.05, 0) is 12.8 Å². The third kappa shape index (κ3) is 2.13. The van der Waals surface area contributed by atoms with Gasteiger partial charge in [0.1, 0.15) is 0 Å². The highest BCUT2D eigenvalue weighted by Crippen LogP contribution is 2.38. The number of rotatable bonds is 2. The Kier molecular flexibility index (Phi) is 2.99. The molecule has 0 aromatic heterocycles. The van der Waals surface area contributed by atoms with Crippen LogP contribution in [0.5, 0.6) is 0 Å². The maximum Gasteiger partial charge on any atom is 0.427 e. The van der Waals surface area contributed by atoms with Gasteiger partial charge in [0.05, 0.1) is 0 Å². The normalized spacial score (nSPS) is 22.7. The fourth-order valence-corrected chi connectivity index (χ4v) is 1.37. The molecule has 1 nitrogen and oxygen atoms in total. The van der Waals surface area contributed by atoms with E-state index < -0.39 is 18.4 Å². The first kappa shape index (κ1) is 11.6. The first-order valence-electron chi connectivity index (χ1n) is 4.10. The lowest BCUT2D eigenvalue weighted by atomic mass is 10.3. The van der Waals surface area contributed by atoms with Crippen LogP contribution in [0.2, 0.25) is 0 Å². The van der Waals surface area contributed by atoms with Crippen LogP contribution in [0.3, 0.4) is 0 Å². The van der Waals surface area contributed by atoms with Gasteiger partial charge in [-0.15, -0.1) is 0 Å². The molecule has 0 saturated carbocycles. The summed E-state index contributed by atoms with van der Waals surface area (Å²) in [6, 6.07) is -4.44. The molecule has 0 aliphatic carbocycles. The van der Waals surface area contributed by atoms with Crippen molar-refractivity contribution < 1.29 is 26.3 Å². The van der Waals surface area contributed by atoms with E-state index in [0.717, 1.165) is 0 Å². The van der Waals surface area contributed by atoms with Crippen molar-refractivity contribution in [1.82, 2.24) is 4.90 Å². The quantitative estimate of drug-likeness (QED) is 0.511. The summed E-state index contributed by atoms with van der Waals surface area (Å²) in [6.45, 7) is -0.382. The van der Waals surface area contributed by atoms with Crippen molar-refractivity contribution in [2.24, 2.45) is 0 Å². The third-order valence-electron chi connectivity index (χ3n) is 2.12. The van der Waals surface area contributed by atoms with Gasteiger partial charge in [0.25, 0.3) is 6.17 Å². The zero-order chi connectivity index (χ0) is 11.0. The van der Waals surface area contributed by atoms with E-state index in [1.54, 1.807) is 0 Å². The van der Waals surface area contributed by atoms with Crippen LogP contribution < -0.4 is 0 Å². The molecule has 7 heteroatoms. The minimum absolute atomic E-state index is 0.191. The van der Waals surface area contributed by atoms with E-state index in [4.69, 9.17) is 0 Å². The Balaban J connectivity index is 2.72. The number of hydrogen-bond acceptors (Lipinski definition) is 1. The Morgan fingerprint density at radius 1 is 0.929 bits per heavy atom. The summed E-state index contributed by atoms with van der Waals surface area (Å²) >= 11 is 0. The molecule has 1 aliphatic rings. The maximum absolute atomic E-state index is 12.8. The molecule has 0 aromatic rings. The first-order chi connectivity index (χ1) is 6.26. The zero-order valence-corrected chi connectivity index (χ0v) is 7.12. The molecule has 1 unspecified atom stereocenters. The van der Waals surface area contributed by atoms with Gasteiger partial charge >= 0.3 is 12.2 Å². The van der Waals surface area contributed by atoms with E-state index >= 15 is 0 Å². The van der Waals surface area contributed by atoms with E-state index in [2.05, 4.69) is 0 Å². The molecular formula is C7H9F6N. The summed E-state index contributed by atoms with van der Waals surface area (Å²) in [7, 11) is 0. The molecule has 1 rings (SSSR count). The molecular weight excluding hydrogens is 212 g/mol. The van der Waals surface area contributed by atoms with Crippen molar-refractivity contribution in [3.63, 3.8) is 0 Å². The predicted molar refractivity (Wildman–Crippen MR) is 36.7 cm³/mol. The molecule has 0 radical (unpaired) electrons. The monoisotopic (exact) mass is 221 g/mol.